The topological polar surface area (TPSA) is 389 Å². The van der Waals surface area contributed by atoms with Gasteiger partial charge in [-0.3, -0.25) is 29.7 Å². The van der Waals surface area contributed by atoms with Gasteiger partial charge in [-0.25, -0.2) is 44.4 Å². The Hall–Kier alpha value is -14.2. The van der Waals surface area contributed by atoms with Crippen LogP contribution in [0.1, 0.15) is 95.2 Å². The molecule has 8 aromatic heterocycles. The van der Waals surface area contributed by atoms with Crippen LogP contribution in [0.5, 0.6) is 34.5 Å². The van der Waals surface area contributed by atoms with Crippen LogP contribution in [0.25, 0.3) is 66.5 Å². The maximum Gasteiger partial charge on any atom is 0.488 e. The van der Waals surface area contributed by atoms with Crippen LogP contribution in [-0.4, -0.2) is 111 Å². The molecule has 115 heavy (non-hydrogen) atoms. The lowest BCUT2D eigenvalue weighted by Crippen LogP contribution is -2.49. The smallest absolute Gasteiger partial charge is 0.457 e. The molecule has 29 heteroatoms. The summed E-state index contributed by atoms with van der Waals surface area (Å²) >= 11 is 0. The Balaban J connectivity index is 0.000000124. The van der Waals surface area contributed by atoms with Crippen molar-refractivity contribution in [3.8, 4) is 67.9 Å². The highest BCUT2D eigenvalue weighted by Gasteiger charge is 2.54. The van der Waals surface area contributed by atoms with Crippen LogP contribution >= 0.6 is 0 Å². The summed E-state index contributed by atoms with van der Waals surface area (Å²) in [7, 11) is -1.38. The van der Waals surface area contributed by atoms with Gasteiger partial charge in [0.05, 0.1) is 21.8 Å². The first-order chi connectivity index (χ1) is 56.0. The van der Waals surface area contributed by atoms with Gasteiger partial charge in [0.2, 0.25) is 0 Å². The zero-order valence-corrected chi connectivity index (χ0v) is 62.2. The molecule has 5 aliphatic rings. The molecule has 2 spiro atoms. The van der Waals surface area contributed by atoms with Gasteiger partial charge in [0.1, 0.15) is 105 Å². The molecule has 3 saturated carbocycles. The molecule has 0 radical (unpaired) electrons. The quantitative estimate of drug-likeness (QED) is 0.0370. The highest BCUT2D eigenvalue weighted by Crippen LogP contribution is 2.46. The van der Waals surface area contributed by atoms with Gasteiger partial charge in [0.15, 0.2) is 0 Å². The number of nitrogen functional groups attached to an aromatic ring is 3. The number of anilines is 4. The number of ether oxygens (including phenoxy) is 3. The largest absolute Gasteiger partial charge is 0.488 e. The maximum atomic E-state index is 13.5. The number of pyridine rings is 2. The van der Waals surface area contributed by atoms with Crippen molar-refractivity contribution in [2.45, 2.75) is 106 Å². The molecule has 14 aromatic rings. The molecule has 3 aliphatic carbocycles. The number of nitrogens with zero attached hydrogens (tertiary/aromatic N) is 12. The number of aromatic nitrogens is 11. The summed E-state index contributed by atoms with van der Waals surface area (Å²) in [6, 6.07) is 58.7. The highest BCUT2D eigenvalue weighted by molar-refractivity contribution is 6.58. The predicted octanol–water partition coefficient (Wildman–Crippen LogP) is 13.6. The number of fused-ring (bicyclic) bond motifs is 3. The van der Waals surface area contributed by atoms with Crippen molar-refractivity contribution in [2.24, 2.45) is 0 Å². The third-order valence-electron chi connectivity index (χ3n) is 21.8. The lowest BCUT2D eigenvalue weighted by molar-refractivity contribution is -0.125. The first-order valence-corrected chi connectivity index (χ1v) is 37.9. The van der Waals surface area contributed by atoms with Crippen molar-refractivity contribution in [3.05, 3.63) is 250 Å². The van der Waals surface area contributed by atoms with Crippen molar-refractivity contribution in [3.63, 3.8) is 0 Å². The molecule has 0 unspecified atom stereocenters. The molecule has 2 saturated heterocycles. The molecule has 28 nitrogen and oxygen atoms in total. The van der Waals surface area contributed by atoms with E-state index >= 15 is 0 Å². The molecular weight excluding hydrogens is 1460 g/mol. The number of benzene rings is 6. The summed E-state index contributed by atoms with van der Waals surface area (Å²) in [5, 5.41) is 27.7. The number of amides is 6. The average Bonchev–Trinajstić information content (AvgIpc) is 1.60. The van der Waals surface area contributed by atoms with Crippen molar-refractivity contribution in [1.29, 1.82) is 0 Å². The SMILES string of the molecule is Nc1ncnc2c1c(-c1ccc(Oc3ccccc3)cc1)cn2C1CCC(=O)CC1.Nc1ncnc2c1c(-c1ccc(Oc3ccccc3)cc1)cn2C1CCC2(CC1)NC(=O)N(c1ccncc1)C2=O.Nc1ncnc2c1c(-c1ccc(Oc3ccccc3)cc1)cn2C1CCC2(CC1)NC(=O)NC2=O.OB(O)c1ccncc1. The summed E-state index contributed by atoms with van der Waals surface area (Å²) in [6.45, 7) is 0. The van der Waals surface area contributed by atoms with E-state index in [-0.39, 0.29) is 29.9 Å². The second kappa shape index (κ2) is 32.6. The van der Waals surface area contributed by atoms with E-state index in [4.69, 9.17) is 41.5 Å². The second-order valence-corrected chi connectivity index (χ2v) is 28.8. The van der Waals surface area contributed by atoms with Crippen LogP contribution in [0.2, 0.25) is 0 Å². The zero-order chi connectivity index (χ0) is 79.2. The molecule has 10 heterocycles. The minimum atomic E-state index is -1.38. The van der Waals surface area contributed by atoms with Gasteiger partial charge in [0, 0.05) is 91.0 Å². The van der Waals surface area contributed by atoms with Crippen molar-refractivity contribution < 1.29 is 48.2 Å². The summed E-state index contributed by atoms with van der Waals surface area (Å²) in [4.78, 5) is 97.3. The normalized spacial score (nSPS) is 18.5. The molecular formula is C86H79BN18O10. The summed E-state index contributed by atoms with van der Waals surface area (Å²) < 4.78 is 24.2. The van der Waals surface area contributed by atoms with Gasteiger partial charge in [-0.2, -0.15) is 0 Å². The van der Waals surface area contributed by atoms with Crippen molar-refractivity contribution >= 4 is 98.5 Å². The number of hydrogen-bond acceptors (Lipinski definition) is 21. The average molecular weight is 1540 g/mol. The third kappa shape index (κ3) is 15.8. The Bertz CT molecular complexity index is 5840. The van der Waals surface area contributed by atoms with Gasteiger partial charge >= 0.3 is 19.2 Å². The molecule has 0 atom stereocenters. The van der Waals surface area contributed by atoms with E-state index in [0.717, 1.165) is 127 Å². The molecule has 19 rings (SSSR count). The molecule has 0 bridgehead atoms. The van der Waals surface area contributed by atoms with Crippen LogP contribution in [0.4, 0.5) is 32.7 Å². The number of hydrogen-bond donors (Lipinski definition) is 8. The molecule has 2 aliphatic heterocycles. The number of carbonyl (C=O) groups excluding carboxylic acids is 5. The summed E-state index contributed by atoms with van der Waals surface area (Å²) in [6.07, 6.45) is 24.8. The van der Waals surface area contributed by atoms with Crippen LogP contribution < -0.4 is 57.7 Å². The van der Waals surface area contributed by atoms with E-state index in [2.05, 4.69) is 88.1 Å². The summed E-state index contributed by atoms with van der Waals surface area (Å²) in [5.74, 6) is 5.76. The van der Waals surface area contributed by atoms with Crippen molar-refractivity contribution in [2.75, 3.05) is 22.1 Å². The number of ketones is 1. The van der Waals surface area contributed by atoms with E-state index in [1.54, 1.807) is 36.7 Å². The Morgan fingerprint density at radius 2 is 0.757 bits per heavy atom. The number of imide groups is 2. The van der Waals surface area contributed by atoms with Crippen LogP contribution in [-0.2, 0) is 14.4 Å². The number of nitrogens with one attached hydrogen (secondary N) is 3. The van der Waals surface area contributed by atoms with E-state index in [0.29, 0.717) is 85.8 Å². The molecule has 11 N–H and O–H groups in total. The summed E-state index contributed by atoms with van der Waals surface area (Å²) in [5.41, 5.74) is 26.4. The first-order valence-electron chi connectivity index (χ1n) is 37.9. The van der Waals surface area contributed by atoms with Crippen LogP contribution in [0.3, 0.4) is 0 Å². The Morgan fingerprint density at radius 3 is 1.10 bits per heavy atom. The maximum absolute atomic E-state index is 13.5. The Kier molecular flexibility index (Phi) is 21.3. The number of nitrogens with two attached hydrogens (primary N) is 3. The van der Waals surface area contributed by atoms with Gasteiger partial charge in [-0.15, -0.1) is 0 Å². The van der Waals surface area contributed by atoms with E-state index < -0.39 is 30.3 Å². The number of urea groups is 2. The monoisotopic (exact) mass is 1530 g/mol. The minimum absolute atomic E-state index is 0.0755. The first kappa shape index (κ1) is 74.9. The van der Waals surface area contributed by atoms with Gasteiger partial charge in [-0.05, 0) is 183 Å². The van der Waals surface area contributed by atoms with Crippen LogP contribution in [0.15, 0.2) is 250 Å². The van der Waals surface area contributed by atoms with E-state index in [1.165, 1.54) is 36.3 Å². The standard InChI is InChI=1S/C31H27N7O3.C26H24N6O3.C24H22N4O2.C5H6BNO2/c32-27-26-25(20-6-8-24(9-7-20)41-23-4-2-1-3-5-23)18-37(28(26)35-19-34-27)21-10-14-31(15-11-21)29(39)38(30(40)36-31)22-12-16-33-17-13-22;27-22-21-20(16-6-8-19(9-7-16)35-18-4-2-1-3-5-18)14-32(23(21)29-15-28-22)17-10-12-26(13-11-17)24(33)30-25(34)31-26;25-23-22-21(16-6-12-20(13-7-16)30-19-4-2-1-3-5-19)14-28(24(22)27-15-26-23)17-8-10-18(29)11-9-17;8-6(9)5-1-3-7-4-2-5/h1-9,12-13,16-19,21H,10-11,14-15H2,(H,36,40)(H2,32,34,35);1-9,14-15,17H,10-13H2,(H2,27,28,29)(H2,30,31,33,34);1-7,12-15,17H,8-11H2,(H2,25,26,27);1-4,8-9H. The van der Waals surface area contributed by atoms with Gasteiger partial charge in [-0.1, -0.05) is 91.0 Å². The highest BCUT2D eigenvalue weighted by atomic mass is 16.5. The number of para-hydroxylation sites is 3. The fraction of sp³-hybridized carbons (Fsp3) is 0.198. The minimum Gasteiger partial charge on any atom is -0.457 e. The Morgan fingerprint density at radius 1 is 0.409 bits per heavy atom. The second-order valence-electron chi connectivity index (χ2n) is 28.8. The molecule has 5 fully saturated rings. The fourth-order valence-corrected chi connectivity index (χ4v) is 15.9. The van der Waals surface area contributed by atoms with Gasteiger partial charge in [0.25, 0.3) is 11.8 Å². The lowest BCUT2D eigenvalue weighted by atomic mass is 9.79. The van der Waals surface area contributed by atoms with E-state index in [1.807, 2.05) is 164 Å². The number of carbonyl (C=O) groups is 5. The number of Topliss-reactive ketones (excluding diaryl/α,β-unsaturated/α-hetero) is 1. The fourth-order valence-electron chi connectivity index (χ4n) is 15.9. The predicted molar refractivity (Wildman–Crippen MR) is 436 cm³/mol. The number of rotatable bonds is 14. The van der Waals surface area contributed by atoms with Crippen LogP contribution in [0, 0.1) is 0 Å². The molecule has 576 valence electrons. The lowest BCUT2D eigenvalue weighted by Gasteiger charge is -2.35. The zero-order valence-electron chi connectivity index (χ0n) is 62.2. The molecule has 6 amide bonds. The third-order valence-corrected chi connectivity index (χ3v) is 21.8. The van der Waals surface area contributed by atoms with Crippen molar-refractivity contribution in [1.82, 2.24) is 69.5 Å². The Labute approximate surface area is 659 Å². The molecule has 6 aromatic carbocycles. The van der Waals surface area contributed by atoms with Gasteiger partial charge < -0.3 is 65.8 Å². The van der Waals surface area contributed by atoms with E-state index in [9.17, 15) is 24.0 Å².